The second kappa shape index (κ2) is 9.01. The van der Waals surface area contributed by atoms with Gasteiger partial charge in [0.05, 0.1) is 31.5 Å². The van der Waals surface area contributed by atoms with E-state index in [0.29, 0.717) is 31.0 Å². The predicted molar refractivity (Wildman–Crippen MR) is 122 cm³/mol. The Morgan fingerprint density at radius 3 is 2.55 bits per heavy atom. The van der Waals surface area contributed by atoms with Crippen LogP contribution in [0.4, 0.5) is 0 Å². The Labute approximate surface area is 191 Å². The first-order chi connectivity index (χ1) is 15.7. The van der Waals surface area contributed by atoms with Gasteiger partial charge in [-0.05, 0) is 38.7 Å². The molecule has 2 aromatic heterocycles. The molecule has 3 heterocycles. The summed E-state index contributed by atoms with van der Waals surface area (Å²) in [5.41, 5.74) is -0.178. The fourth-order valence-electron chi connectivity index (χ4n) is 4.24. The number of fused-ring (bicyclic) bond motifs is 1. The summed E-state index contributed by atoms with van der Waals surface area (Å²) < 4.78 is 8.13. The Morgan fingerprint density at radius 2 is 1.94 bits per heavy atom. The molecule has 2 amide bonds. The van der Waals surface area contributed by atoms with Gasteiger partial charge in [0.1, 0.15) is 5.65 Å². The minimum Gasteiger partial charge on any atom is -0.494 e. The van der Waals surface area contributed by atoms with Crippen molar-refractivity contribution in [2.75, 3.05) is 13.2 Å². The largest absolute Gasteiger partial charge is 0.494 e. The molecule has 10 nitrogen and oxygen atoms in total. The van der Waals surface area contributed by atoms with E-state index < -0.39 is 17.3 Å². The van der Waals surface area contributed by atoms with Gasteiger partial charge in [-0.3, -0.25) is 19.0 Å². The van der Waals surface area contributed by atoms with Gasteiger partial charge in [0.2, 0.25) is 11.8 Å². The third-order valence-electron chi connectivity index (χ3n) is 5.93. The summed E-state index contributed by atoms with van der Waals surface area (Å²) in [6.07, 6.45) is 6.23. The van der Waals surface area contributed by atoms with E-state index in [2.05, 4.69) is 10.4 Å². The van der Waals surface area contributed by atoms with Crippen molar-refractivity contribution in [2.24, 2.45) is 5.92 Å². The molecule has 2 aliphatic rings. The molecule has 1 saturated carbocycles. The standard InChI is InChI=1S/C23H31N5O5/c1-13(2)10-26-21-16(5-8-18(29)27-14(3)11-33-12-15(27)4)9-24-28(21)23(32)19(22(26)31)20(30)25-17-6-7-17/h5,8-9,13-15,17,31H,6-7,10-12H2,1-4H3,(H,25,30)/b8-5+/t14-,15+. The van der Waals surface area contributed by atoms with Gasteiger partial charge in [-0.25, -0.2) is 0 Å². The van der Waals surface area contributed by atoms with Crippen molar-refractivity contribution >= 4 is 23.5 Å². The average molecular weight is 458 g/mol. The van der Waals surface area contributed by atoms with Crippen LogP contribution in [0.15, 0.2) is 17.1 Å². The molecule has 1 aliphatic carbocycles. The summed E-state index contributed by atoms with van der Waals surface area (Å²) in [7, 11) is 0. The summed E-state index contributed by atoms with van der Waals surface area (Å²) in [5.74, 6) is -1.04. The summed E-state index contributed by atoms with van der Waals surface area (Å²) in [6, 6.07) is -0.0614. The van der Waals surface area contributed by atoms with E-state index in [-0.39, 0.29) is 35.5 Å². The van der Waals surface area contributed by atoms with E-state index in [1.165, 1.54) is 16.8 Å². The lowest BCUT2D eigenvalue weighted by Crippen LogP contribution is -2.51. The van der Waals surface area contributed by atoms with Crippen molar-refractivity contribution in [2.45, 2.75) is 65.2 Å². The molecule has 0 bridgehead atoms. The quantitative estimate of drug-likeness (QED) is 0.633. The van der Waals surface area contributed by atoms with Gasteiger partial charge in [0.15, 0.2) is 5.56 Å². The molecule has 33 heavy (non-hydrogen) atoms. The first-order valence-corrected chi connectivity index (χ1v) is 11.4. The van der Waals surface area contributed by atoms with Crippen molar-refractivity contribution in [1.82, 2.24) is 24.4 Å². The Kier molecular flexibility index (Phi) is 6.29. The number of morpholine rings is 1. The lowest BCUT2D eigenvalue weighted by molar-refractivity contribution is -0.138. The normalized spacial score (nSPS) is 21.3. The first-order valence-electron chi connectivity index (χ1n) is 11.4. The van der Waals surface area contributed by atoms with Crippen LogP contribution >= 0.6 is 0 Å². The first kappa shape index (κ1) is 23.0. The average Bonchev–Trinajstić information content (AvgIpc) is 3.44. The highest BCUT2D eigenvalue weighted by atomic mass is 16.5. The lowest BCUT2D eigenvalue weighted by Gasteiger charge is -2.38. The highest BCUT2D eigenvalue weighted by Gasteiger charge is 2.30. The van der Waals surface area contributed by atoms with E-state index in [1.54, 1.807) is 11.0 Å². The minimum absolute atomic E-state index is 0.0395. The van der Waals surface area contributed by atoms with Gasteiger partial charge in [-0.15, -0.1) is 0 Å². The number of carbonyl (C=O) groups is 2. The van der Waals surface area contributed by atoms with E-state index >= 15 is 0 Å². The fourth-order valence-corrected chi connectivity index (χ4v) is 4.24. The molecule has 1 saturated heterocycles. The van der Waals surface area contributed by atoms with E-state index in [9.17, 15) is 19.5 Å². The summed E-state index contributed by atoms with van der Waals surface area (Å²) in [6.45, 7) is 9.12. The van der Waals surface area contributed by atoms with Gasteiger partial charge in [-0.1, -0.05) is 13.8 Å². The zero-order chi connectivity index (χ0) is 23.9. The fraction of sp³-hybridized carbons (Fsp3) is 0.565. The van der Waals surface area contributed by atoms with Crippen molar-refractivity contribution in [3.63, 3.8) is 0 Å². The zero-order valence-electron chi connectivity index (χ0n) is 19.4. The van der Waals surface area contributed by atoms with Crippen LogP contribution in [0.1, 0.15) is 56.5 Å². The van der Waals surface area contributed by atoms with Crippen molar-refractivity contribution in [3.05, 3.63) is 33.8 Å². The Hall–Kier alpha value is -3.14. The number of nitrogens with one attached hydrogen (secondary N) is 1. The predicted octanol–water partition coefficient (Wildman–Crippen LogP) is 1.40. The molecule has 2 N–H and O–H groups in total. The van der Waals surface area contributed by atoms with Crippen LogP contribution in [0.5, 0.6) is 5.88 Å². The monoisotopic (exact) mass is 457 g/mol. The molecule has 2 aromatic rings. The van der Waals surface area contributed by atoms with Crippen LogP contribution in [-0.4, -0.2) is 67.3 Å². The number of amides is 2. The SMILES string of the molecule is CC(C)Cn1c(O)c(C(=O)NC2CC2)c(=O)n2ncc(/C=C/C(=O)N3[C@H](C)COC[C@@H]3C)c12. The number of rotatable bonds is 6. The Balaban J connectivity index is 1.75. The number of hydrogen-bond donors (Lipinski definition) is 2. The molecule has 0 aromatic carbocycles. The number of hydrogen-bond acceptors (Lipinski definition) is 6. The number of aromatic hydroxyl groups is 1. The Morgan fingerprint density at radius 1 is 1.27 bits per heavy atom. The summed E-state index contributed by atoms with van der Waals surface area (Å²) in [4.78, 5) is 40.4. The van der Waals surface area contributed by atoms with Crippen molar-refractivity contribution < 1.29 is 19.4 Å². The molecule has 1 aliphatic heterocycles. The highest BCUT2D eigenvalue weighted by Crippen LogP contribution is 2.25. The molecule has 4 rings (SSSR count). The summed E-state index contributed by atoms with van der Waals surface area (Å²) in [5, 5.41) is 17.9. The molecule has 10 heteroatoms. The van der Waals surface area contributed by atoms with Crippen LogP contribution < -0.4 is 10.9 Å². The zero-order valence-corrected chi connectivity index (χ0v) is 19.4. The number of ether oxygens (including phenoxy) is 1. The van der Waals surface area contributed by atoms with Crippen LogP contribution in [0.25, 0.3) is 11.7 Å². The second-order valence-corrected chi connectivity index (χ2v) is 9.41. The molecule has 2 fully saturated rings. The topological polar surface area (TPSA) is 118 Å². The van der Waals surface area contributed by atoms with E-state index in [1.807, 2.05) is 27.7 Å². The molecular weight excluding hydrogens is 426 g/mol. The maximum absolute atomic E-state index is 13.1. The molecule has 178 valence electrons. The van der Waals surface area contributed by atoms with Crippen LogP contribution in [-0.2, 0) is 16.1 Å². The van der Waals surface area contributed by atoms with Gasteiger partial charge in [-0.2, -0.15) is 9.61 Å². The van der Waals surface area contributed by atoms with Crippen LogP contribution in [0, 0.1) is 5.92 Å². The number of aromatic nitrogens is 3. The van der Waals surface area contributed by atoms with Gasteiger partial charge < -0.3 is 20.1 Å². The maximum atomic E-state index is 13.1. The Bertz CT molecular complexity index is 1150. The number of nitrogens with zero attached hydrogens (tertiary/aromatic N) is 4. The van der Waals surface area contributed by atoms with Crippen molar-refractivity contribution in [1.29, 1.82) is 0 Å². The third-order valence-corrected chi connectivity index (χ3v) is 5.93. The molecule has 0 unspecified atom stereocenters. The van der Waals surface area contributed by atoms with E-state index in [0.717, 1.165) is 17.4 Å². The second-order valence-electron chi connectivity index (χ2n) is 9.41. The lowest BCUT2D eigenvalue weighted by atomic mass is 10.1. The third kappa shape index (κ3) is 4.52. The van der Waals surface area contributed by atoms with Gasteiger partial charge >= 0.3 is 0 Å². The number of carbonyl (C=O) groups excluding carboxylic acids is 2. The van der Waals surface area contributed by atoms with Crippen LogP contribution in [0.3, 0.4) is 0 Å². The van der Waals surface area contributed by atoms with Gasteiger partial charge in [0, 0.05) is 24.2 Å². The molecule has 2 atom stereocenters. The van der Waals surface area contributed by atoms with Gasteiger partial charge in [0.25, 0.3) is 11.5 Å². The van der Waals surface area contributed by atoms with E-state index in [4.69, 9.17) is 4.74 Å². The van der Waals surface area contributed by atoms with Crippen LogP contribution in [0.2, 0.25) is 0 Å². The smallest absolute Gasteiger partial charge is 0.291 e. The highest BCUT2D eigenvalue weighted by molar-refractivity contribution is 5.97. The minimum atomic E-state index is -0.693. The molecule has 0 radical (unpaired) electrons. The molecule has 0 spiro atoms. The van der Waals surface area contributed by atoms with Crippen molar-refractivity contribution in [3.8, 4) is 5.88 Å². The molecular formula is C23H31N5O5. The summed E-state index contributed by atoms with van der Waals surface area (Å²) >= 11 is 0. The maximum Gasteiger partial charge on any atom is 0.291 e.